The van der Waals surface area contributed by atoms with Crippen LogP contribution in [0.1, 0.15) is 258 Å². The molecule has 0 bridgehead atoms. The Morgan fingerprint density at radius 3 is 0.971 bits per heavy atom. The van der Waals surface area contributed by atoms with E-state index in [4.69, 9.17) is 14.2 Å². The minimum atomic E-state index is -0.808. The standard InChI is InChI=1S/C62H104O6/c1-4-7-10-13-16-19-22-25-28-29-30-31-32-33-35-37-40-43-46-49-52-55-61(64)67-58-59(57-66-60(63)54-51-48-45-42-39-36-27-24-21-18-15-12-9-6-3)68-62(65)56-53-50-47-44-41-38-34-26-23-20-17-14-11-8-5-2/h8,11,15,17-18,20,22,24-27,29-30,34,41,44,59H,4-7,9-10,12-14,16,19,21,23,28,31-33,35-40,42-43,45-58H2,1-3H3/b11-8-,18-15-,20-17-,25-22-,27-24-,30-29-,34-26-,44-41-. The largest absolute Gasteiger partial charge is 0.462 e. The molecule has 0 aromatic rings. The number of unbranched alkanes of at least 4 members (excludes halogenated alkanes) is 23. The summed E-state index contributed by atoms with van der Waals surface area (Å²) in [5.74, 6) is -0.961. The van der Waals surface area contributed by atoms with E-state index in [2.05, 4.69) is 118 Å². The molecule has 0 aliphatic rings. The van der Waals surface area contributed by atoms with E-state index in [0.29, 0.717) is 19.3 Å². The maximum atomic E-state index is 12.8. The van der Waals surface area contributed by atoms with Crippen LogP contribution in [-0.2, 0) is 28.6 Å². The molecule has 0 aromatic heterocycles. The minimum absolute atomic E-state index is 0.102. The lowest BCUT2D eigenvalue weighted by Crippen LogP contribution is -2.30. The van der Waals surface area contributed by atoms with Crippen molar-refractivity contribution < 1.29 is 28.6 Å². The van der Waals surface area contributed by atoms with Gasteiger partial charge in [-0.1, -0.05) is 221 Å². The summed E-state index contributed by atoms with van der Waals surface area (Å²) in [6, 6.07) is 0. The molecule has 388 valence electrons. The zero-order valence-electron chi connectivity index (χ0n) is 44.3. The fourth-order valence-corrected chi connectivity index (χ4v) is 7.54. The van der Waals surface area contributed by atoms with Crippen molar-refractivity contribution in [2.24, 2.45) is 0 Å². The molecule has 0 saturated carbocycles. The lowest BCUT2D eigenvalue weighted by atomic mass is 10.1. The number of rotatable bonds is 50. The Kier molecular flexibility index (Phi) is 52.9. The second-order valence-electron chi connectivity index (χ2n) is 18.5. The first-order valence-electron chi connectivity index (χ1n) is 28.2. The summed E-state index contributed by atoms with van der Waals surface area (Å²) >= 11 is 0. The summed E-state index contributed by atoms with van der Waals surface area (Å²) in [4.78, 5) is 38.1. The van der Waals surface area contributed by atoms with E-state index in [1.54, 1.807) is 0 Å². The van der Waals surface area contributed by atoms with Gasteiger partial charge in [-0.2, -0.15) is 0 Å². The molecular formula is C62H104O6. The molecule has 0 saturated heterocycles. The predicted molar refractivity (Wildman–Crippen MR) is 293 cm³/mol. The number of carbonyl (C=O) groups is 3. The highest BCUT2D eigenvalue weighted by Crippen LogP contribution is 2.14. The van der Waals surface area contributed by atoms with Crippen molar-refractivity contribution in [1.29, 1.82) is 0 Å². The van der Waals surface area contributed by atoms with Gasteiger partial charge >= 0.3 is 17.9 Å². The van der Waals surface area contributed by atoms with Gasteiger partial charge in [-0.3, -0.25) is 14.4 Å². The molecule has 0 aliphatic carbocycles. The highest BCUT2D eigenvalue weighted by molar-refractivity contribution is 5.71. The van der Waals surface area contributed by atoms with Crippen LogP contribution in [0.2, 0.25) is 0 Å². The maximum Gasteiger partial charge on any atom is 0.306 e. The Morgan fingerprint density at radius 2 is 0.588 bits per heavy atom. The molecule has 0 amide bonds. The van der Waals surface area contributed by atoms with E-state index in [-0.39, 0.29) is 37.5 Å². The highest BCUT2D eigenvalue weighted by Gasteiger charge is 2.19. The van der Waals surface area contributed by atoms with Crippen LogP contribution < -0.4 is 0 Å². The van der Waals surface area contributed by atoms with Gasteiger partial charge in [-0.15, -0.1) is 0 Å². The first kappa shape index (κ1) is 64.3. The van der Waals surface area contributed by atoms with E-state index < -0.39 is 6.10 Å². The second kappa shape index (κ2) is 55.9. The number of esters is 3. The third-order valence-electron chi connectivity index (χ3n) is 11.8. The molecule has 0 heterocycles. The van der Waals surface area contributed by atoms with Crippen LogP contribution in [0.25, 0.3) is 0 Å². The lowest BCUT2D eigenvalue weighted by molar-refractivity contribution is -0.167. The molecule has 0 N–H and O–H groups in total. The van der Waals surface area contributed by atoms with Crippen molar-refractivity contribution in [3.05, 3.63) is 97.2 Å². The normalized spacial score (nSPS) is 12.8. The first-order chi connectivity index (χ1) is 33.5. The molecule has 0 aromatic carbocycles. The van der Waals surface area contributed by atoms with Gasteiger partial charge < -0.3 is 14.2 Å². The van der Waals surface area contributed by atoms with Gasteiger partial charge in [0.25, 0.3) is 0 Å². The topological polar surface area (TPSA) is 78.9 Å². The summed E-state index contributed by atoms with van der Waals surface area (Å²) in [5, 5.41) is 0. The van der Waals surface area contributed by atoms with Gasteiger partial charge in [0.2, 0.25) is 0 Å². The third-order valence-corrected chi connectivity index (χ3v) is 11.8. The maximum absolute atomic E-state index is 12.8. The minimum Gasteiger partial charge on any atom is -0.462 e. The van der Waals surface area contributed by atoms with Crippen LogP contribution >= 0.6 is 0 Å². The molecule has 0 aliphatic heterocycles. The average molecular weight is 946 g/mol. The fourth-order valence-electron chi connectivity index (χ4n) is 7.54. The molecular weight excluding hydrogens is 841 g/mol. The van der Waals surface area contributed by atoms with Crippen molar-refractivity contribution in [1.82, 2.24) is 0 Å². The Hall–Kier alpha value is -3.67. The molecule has 1 atom stereocenters. The molecule has 0 spiro atoms. The van der Waals surface area contributed by atoms with Crippen molar-refractivity contribution in [3.8, 4) is 0 Å². The lowest BCUT2D eigenvalue weighted by Gasteiger charge is -2.18. The van der Waals surface area contributed by atoms with Gasteiger partial charge in [0.1, 0.15) is 13.2 Å². The number of hydrogen-bond acceptors (Lipinski definition) is 6. The Labute approximate surface area is 419 Å². The Bertz CT molecular complexity index is 1360. The summed E-state index contributed by atoms with van der Waals surface area (Å²) < 4.78 is 16.8. The summed E-state index contributed by atoms with van der Waals surface area (Å²) in [5.41, 5.74) is 0. The molecule has 6 nitrogen and oxygen atoms in total. The van der Waals surface area contributed by atoms with Gasteiger partial charge in [0.15, 0.2) is 6.10 Å². The third kappa shape index (κ3) is 53.3. The van der Waals surface area contributed by atoms with Gasteiger partial charge in [0.05, 0.1) is 0 Å². The molecule has 0 rings (SSSR count). The van der Waals surface area contributed by atoms with E-state index in [1.807, 2.05) is 0 Å². The molecule has 68 heavy (non-hydrogen) atoms. The van der Waals surface area contributed by atoms with Gasteiger partial charge in [-0.25, -0.2) is 0 Å². The zero-order chi connectivity index (χ0) is 49.3. The number of allylic oxidation sites excluding steroid dienone is 16. The Balaban J connectivity index is 4.43. The van der Waals surface area contributed by atoms with E-state index >= 15 is 0 Å². The van der Waals surface area contributed by atoms with Crippen molar-refractivity contribution in [2.75, 3.05) is 13.2 Å². The fraction of sp³-hybridized carbons (Fsp3) is 0.694. The van der Waals surface area contributed by atoms with Crippen molar-refractivity contribution in [2.45, 2.75) is 264 Å². The summed E-state index contributed by atoms with van der Waals surface area (Å²) in [6.07, 6.45) is 74.0. The first-order valence-corrected chi connectivity index (χ1v) is 28.2. The second-order valence-corrected chi connectivity index (χ2v) is 18.5. The van der Waals surface area contributed by atoms with Crippen molar-refractivity contribution in [3.63, 3.8) is 0 Å². The van der Waals surface area contributed by atoms with Gasteiger partial charge in [0, 0.05) is 19.3 Å². The van der Waals surface area contributed by atoms with Crippen LogP contribution in [0.15, 0.2) is 97.2 Å². The van der Waals surface area contributed by atoms with E-state index in [0.717, 1.165) is 109 Å². The summed E-state index contributed by atoms with van der Waals surface area (Å²) in [6.45, 7) is 6.43. The molecule has 6 heteroatoms. The highest BCUT2D eigenvalue weighted by atomic mass is 16.6. The van der Waals surface area contributed by atoms with E-state index in [1.165, 1.54) is 103 Å². The van der Waals surface area contributed by atoms with Crippen molar-refractivity contribution >= 4 is 17.9 Å². The molecule has 0 radical (unpaired) electrons. The van der Waals surface area contributed by atoms with Crippen LogP contribution in [0.5, 0.6) is 0 Å². The predicted octanol–water partition coefficient (Wildman–Crippen LogP) is 18.9. The van der Waals surface area contributed by atoms with Crippen LogP contribution in [0.3, 0.4) is 0 Å². The summed E-state index contributed by atoms with van der Waals surface area (Å²) in [7, 11) is 0. The Morgan fingerprint density at radius 1 is 0.309 bits per heavy atom. The van der Waals surface area contributed by atoms with Crippen LogP contribution in [-0.4, -0.2) is 37.2 Å². The SMILES string of the molecule is CC/C=C\C/C=C\C/C=C\C/C=C\CCCCC(=O)OC(COC(=O)CCCCCCC/C=C\C/C=C\CCCC)COC(=O)CCCCCCCCCCC/C=C\C/C=C\CCCCCCC. The molecule has 0 fully saturated rings. The monoisotopic (exact) mass is 945 g/mol. The zero-order valence-corrected chi connectivity index (χ0v) is 44.3. The van der Waals surface area contributed by atoms with Crippen LogP contribution in [0.4, 0.5) is 0 Å². The molecule has 1 unspecified atom stereocenters. The number of carbonyl (C=O) groups excluding carboxylic acids is 3. The smallest absolute Gasteiger partial charge is 0.306 e. The average Bonchev–Trinajstić information content (AvgIpc) is 3.34. The quantitative estimate of drug-likeness (QED) is 0.0262. The van der Waals surface area contributed by atoms with Crippen LogP contribution in [0, 0.1) is 0 Å². The number of hydrogen-bond donors (Lipinski definition) is 0. The van der Waals surface area contributed by atoms with E-state index in [9.17, 15) is 14.4 Å². The number of ether oxygens (including phenoxy) is 3. The van der Waals surface area contributed by atoms with Gasteiger partial charge in [-0.05, 0) is 116 Å².